The maximum atomic E-state index is 11.9. The van der Waals surface area contributed by atoms with E-state index < -0.39 is 0 Å². The molecule has 0 aliphatic carbocycles. The van der Waals surface area contributed by atoms with Crippen LogP contribution in [0.15, 0.2) is 29.4 Å². The van der Waals surface area contributed by atoms with Gasteiger partial charge in [-0.1, -0.05) is 36.7 Å². The number of amides is 1. The summed E-state index contributed by atoms with van der Waals surface area (Å²) in [6, 6.07) is 7.72. The van der Waals surface area contributed by atoms with Crippen LogP contribution >= 0.6 is 0 Å². The number of para-hydroxylation sites is 1. The van der Waals surface area contributed by atoms with Gasteiger partial charge in [0.25, 0.3) is 0 Å². The van der Waals surface area contributed by atoms with Crippen molar-refractivity contribution in [2.24, 2.45) is 5.16 Å². The van der Waals surface area contributed by atoms with Crippen molar-refractivity contribution >= 4 is 17.3 Å². The van der Waals surface area contributed by atoms with E-state index in [1.54, 1.807) is 0 Å². The molecule has 2 rings (SSSR count). The Bertz CT molecular complexity index is 500. The molecule has 0 spiro atoms. The van der Waals surface area contributed by atoms with Crippen molar-refractivity contribution in [3.05, 3.63) is 29.8 Å². The molecule has 0 bridgehead atoms. The minimum Gasteiger partial charge on any atom is -0.411 e. The van der Waals surface area contributed by atoms with E-state index in [-0.39, 0.29) is 5.91 Å². The minimum atomic E-state index is 0.0395. The Morgan fingerprint density at radius 1 is 1.45 bits per heavy atom. The van der Waals surface area contributed by atoms with E-state index in [0.717, 1.165) is 30.6 Å². The van der Waals surface area contributed by atoms with Crippen molar-refractivity contribution < 1.29 is 10.0 Å². The molecule has 1 aromatic carbocycles. The summed E-state index contributed by atoms with van der Waals surface area (Å²) >= 11 is 0. The van der Waals surface area contributed by atoms with Crippen LogP contribution in [0.3, 0.4) is 0 Å². The average Bonchev–Trinajstić information content (AvgIpc) is 2.48. The van der Waals surface area contributed by atoms with Gasteiger partial charge >= 0.3 is 0 Å². The maximum absolute atomic E-state index is 11.9. The monoisotopic (exact) mass is 275 g/mol. The van der Waals surface area contributed by atoms with Crippen LogP contribution in [0, 0.1) is 0 Å². The van der Waals surface area contributed by atoms with E-state index in [1.807, 2.05) is 29.2 Å². The van der Waals surface area contributed by atoms with Gasteiger partial charge in [0.05, 0.1) is 12.3 Å². The van der Waals surface area contributed by atoms with E-state index in [4.69, 9.17) is 5.21 Å². The van der Waals surface area contributed by atoms with Crippen LogP contribution in [0.25, 0.3) is 0 Å². The van der Waals surface area contributed by atoms with Crippen molar-refractivity contribution in [2.75, 3.05) is 24.5 Å². The third kappa shape index (κ3) is 3.29. The molecule has 0 radical (unpaired) electrons. The fourth-order valence-corrected chi connectivity index (χ4v) is 2.39. The molecule has 5 nitrogen and oxygen atoms in total. The molecule has 1 heterocycles. The molecule has 0 atom stereocenters. The fraction of sp³-hybridized carbons (Fsp3) is 0.467. The minimum absolute atomic E-state index is 0.0395. The van der Waals surface area contributed by atoms with Gasteiger partial charge in [-0.05, 0) is 12.5 Å². The summed E-state index contributed by atoms with van der Waals surface area (Å²) in [5.74, 6) is 0.0395. The molecule has 108 valence electrons. The van der Waals surface area contributed by atoms with Crippen LogP contribution in [0.4, 0.5) is 5.69 Å². The van der Waals surface area contributed by atoms with Crippen molar-refractivity contribution in [1.29, 1.82) is 0 Å². The van der Waals surface area contributed by atoms with Crippen LogP contribution in [0.5, 0.6) is 0 Å². The lowest BCUT2D eigenvalue weighted by molar-refractivity contribution is -0.119. The van der Waals surface area contributed by atoms with Gasteiger partial charge in [-0.15, -0.1) is 0 Å². The summed E-state index contributed by atoms with van der Waals surface area (Å²) in [5, 5.41) is 15.3. The summed E-state index contributed by atoms with van der Waals surface area (Å²) in [6.45, 7) is 3.87. The zero-order chi connectivity index (χ0) is 14.4. The third-order valence-electron chi connectivity index (χ3n) is 3.48. The molecule has 1 aromatic rings. The molecule has 0 aromatic heterocycles. The molecule has 2 N–H and O–H groups in total. The summed E-state index contributed by atoms with van der Waals surface area (Å²) in [6.07, 6.45) is 2.72. The Kier molecular flexibility index (Phi) is 4.98. The largest absolute Gasteiger partial charge is 0.411 e. The van der Waals surface area contributed by atoms with Crippen molar-refractivity contribution in [3.63, 3.8) is 0 Å². The van der Waals surface area contributed by atoms with E-state index in [9.17, 15) is 4.79 Å². The lowest BCUT2D eigenvalue weighted by Gasteiger charge is -2.30. The number of nitrogens with zero attached hydrogens (tertiary/aromatic N) is 2. The number of unbranched alkanes of at least 4 members (excludes halogenated alkanes) is 1. The summed E-state index contributed by atoms with van der Waals surface area (Å²) in [5.41, 5.74) is 2.54. The summed E-state index contributed by atoms with van der Waals surface area (Å²) in [7, 11) is 0. The van der Waals surface area contributed by atoms with Crippen molar-refractivity contribution in [3.8, 4) is 0 Å². The highest BCUT2D eigenvalue weighted by Crippen LogP contribution is 2.26. The lowest BCUT2D eigenvalue weighted by atomic mass is 9.99. The highest BCUT2D eigenvalue weighted by Gasteiger charge is 2.22. The Morgan fingerprint density at radius 2 is 2.25 bits per heavy atom. The first-order valence-corrected chi connectivity index (χ1v) is 7.08. The number of oxime groups is 1. The highest BCUT2D eigenvalue weighted by atomic mass is 16.4. The number of hydrogen-bond donors (Lipinski definition) is 2. The Hall–Kier alpha value is -2.04. The highest BCUT2D eigenvalue weighted by molar-refractivity contribution is 6.07. The molecule has 1 aliphatic rings. The van der Waals surface area contributed by atoms with Gasteiger partial charge in [0.1, 0.15) is 0 Å². The van der Waals surface area contributed by atoms with Gasteiger partial charge in [0.2, 0.25) is 5.91 Å². The first kappa shape index (κ1) is 14.4. The standard InChI is InChI=1S/C15H21N3O2/c1-2-3-9-16-15(19)11-18-10-8-13(17-20)12-6-4-5-7-14(12)18/h4-7,20H,2-3,8-11H2,1H3,(H,16,19). The molecule has 0 saturated heterocycles. The Morgan fingerprint density at radius 3 is 3.00 bits per heavy atom. The molecule has 1 amide bonds. The zero-order valence-electron chi connectivity index (χ0n) is 11.8. The van der Waals surface area contributed by atoms with Crippen LogP contribution in [0.1, 0.15) is 31.7 Å². The molecule has 5 heteroatoms. The van der Waals surface area contributed by atoms with Gasteiger partial charge in [-0.2, -0.15) is 0 Å². The number of anilines is 1. The van der Waals surface area contributed by atoms with Crippen LogP contribution in [-0.2, 0) is 4.79 Å². The van der Waals surface area contributed by atoms with E-state index >= 15 is 0 Å². The van der Waals surface area contributed by atoms with Gasteiger partial charge in [0, 0.05) is 30.8 Å². The van der Waals surface area contributed by atoms with E-state index in [0.29, 0.717) is 25.2 Å². The normalized spacial score (nSPS) is 16.1. The number of carbonyl (C=O) groups excluding carboxylic acids is 1. The number of carbonyl (C=O) groups is 1. The fourth-order valence-electron chi connectivity index (χ4n) is 2.39. The average molecular weight is 275 g/mol. The first-order chi connectivity index (χ1) is 9.76. The topological polar surface area (TPSA) is 64.9 Å². The van der Waals surface area contributed by atoms with Crippen molar-refractivity contribution in [1.82, 2.24) is 5.32 Å². The molecule has 0 fully saturated rings. The molecule has 20 heavy (non-hydrogen) atoms. The number of hydrogen-bond acceptors (Lipinski definition) is 4. The quantitative estimate of drug-likeness (QED) is 0.491. The predicted molar refractivity (Wildman–Crippen MR) is 79.5 cm³/mol. The van der Waals surface area contributed by atoms with Gasteiger partial charge < -0.3 is 15.4 Å². The number of rotatable bonds is 5. The number of fused-ring (bicyclic) bond motifs is 1. The number of nitrogens with one attached hydrogen (secondary N) is 1. The van der Waals surface area contributed by atoms with Crippen LogP contribution < -0.4 is 10.2 Å². The Labute approximate surface area is 119 Å². The smallest absolute Gasteiger partial charge is 0.239 e. The van der Waals surface area contributed by atoms with Gasteiger partial charge in [0.15, 0.2) is 0 Å². The Balaban J connectivity index is 2.05. The summed E-state index contributed by atoms with van der Waals surface area (Å²) < 4.78 is 0. The van der Waals surface area contributed by atoms with Crippen LogP contribution in [-0.4, -0.2) is 36.5 Å². The number of benzene rings is 1. The predicted octanol–water partition coefficient (Wildman–Crippen LogP) is 1.99. The molecule has 1 aliphatic heterocycles. The molecular weight excluding hydrogens is 254 g/mol. The van der Waals surface area contributed by atoms with E-state index in [2.05, 4.69) is 17.4 Å². The lowest BCUT2D eigenvalue weighted by Crippen LogP contribution is -2.41. The first-order valence-electron chi connectivity index (χ1n) is 7.08. The third-order valence-corrected chi connectivity index (χ3v) is 3.48. The molecular formula is C15H21N3O2. The second-order valence-electron chi connectivity index (χ2n) is 4.94. The van der Waals surface area contributed by atoms with Crippen LogP contribution in [0.2, 0.25) is 0 Å². The van der Waals surface area contributed by atoms with Gasteiger partial charge in [-0.3, -0.25) is 4.79 Å². The molecule has 0 saturated carbocycles. The SMILES string of the molecule is CCCCNC(=O)CN1CCC(=NO)c2ccccc21. The molecule has 0 unspecified atom stereocenters. The van der Waals surface area contributed by atoms with Gasteiger partial charge in [-0.25, -0.2) is 0 Å². The summed E-state index contributed by atoms with van der Waals surface area (Å²) in [4.78, 5) is 13.9. The van der Waals surface area contributed by atoms with E-state index in [1.165, 1.54) is 0 Å². The second-order valence-corrected chi connectivity index (χ2v) is 4.94. The zero-order valence-corrected chi connectivity index (χ0v) is 11.8. The van der Waals surface area contributed by atoms with Crippen molar-refractivity contribution in [2.45, 2.75) is 26.2 Å². The second kappa shape index (κ2) is 6.93. The maximum Gasteiger partial charge on any atom is 0.239 e.